The molecular formula is C20H18FNO3S. The average molecular weight is 371 g/mol. The Balaban J connectivity index is 2.04. The zero-order chi connectivity index (χ0) is 18.6. The van der Waals surface area contributed by atoms with E-state index >= 15 is 0 Å². The van der Waals surface area contributed by atoms with E-state index < -0.39 is 15.8 Å². The van der Waals surface area contributed by atoms with Crippen LogP contribution in [0, 0.1) is 5.82 Å². The van der Waals surface area contributed by atoms with Gasteiger partial charge in [0, 0.05) is 0 Å². The number of anilines is 1. The molecule has 0 aliphatic carbocycles. The molecule has 0 bridgehead atoms. The molecule has 0 amide bonds. The minimum absolute atomic E-state index is 0.138. The maximum atomic E-state index is 13.3. The normalized spacial score (nSPS) is 11.2. The Morgan fingerprint density at radius 3 is 2.08 bits per heavy atom. The lowest BCUT2D eigenvalue weighted by Gasteiger charge is -2.25. The minimum Gasteiger partial charge on any atom is -0.497 e. The lowest BCUT2D eigenvalue weighted by molar-refractivity contribution is 0.414. The van der Waals surface area contributed by atoms with Crippen molar-refractivity contribution >= 4 is 15.7 Å². The van der Waals surface area contributed by atoms with Crippen molar-refractivity contribution in [2.75, 3.05) is 11.4 Å². The van der Waals surface area contributed by atoms with E-state index in [0.717, 1.165) is 5.56 Å². The summed E-state index contributed by atoms with van der Waals surface area (Å²) in [5.74, 6) is 0.149. The second-order valence-corrected chi connectivity index (χ2v) is 7.51. The molecular weight excluding hydrogens is 353 g/mol. The Morgan fingerprint density at radius 1 is 0.885 bits per heavy atom. The number of benzene rings is 3. The van der Waals surface area contributed by atoms with Crippen LogP contribution >= 0.6 is 0 Å². The fourth-order valence-electron chi connectivity index (χ4n) is 2.55. The topological polar surface area (TPSA) is 46.6 Å². The van der Waals surface area contributed by atoms with Crippen LogP contribution in [0.5, 0.6) is 5.75 Å². The van der Waals surface area contributed by atoms with Crippen molar-refractivity contribution in [1.82, 2.24) is 0 Å². The highest BCUT2D eigenvalue weighted by atomic mass is 32.2. The first-order valence-electron chi connectivity index (χ1n) is 7.97. The van der Waals surface area contributed by atoms with E-state index in [1.54, 1.807) is 12.1 Å². The lowest BCUT2D eigenvalue weighted by atomic mass is 10.2. The van der Waals surface area contributed by atoms with Crippen LogP contribution in [0.4, 0.5) is 10.1 Å². The van der Waals surface area contributed by atoms with Crippen molar-refractivity contribution in [2.24, 2.45) is 0 Å². The molecule has 0 aromatic heterocycles. The van der Waals surface area contributed by atoms with Gasteiger partial charge in [0.25, 0.3) is 10.0 Å². The predicted octanol–water partition coefficient (Wildman–Crippen LogP) is 4.23. The van der Waals surface area contributed by atoms with Crippen molar-refractivity contribution in [3.63, 3.8) is 0 Å². The van der Waals surface area contributed by atoms with Gasteiger partial charge in [0.1, 0.15) is 11.6 Å². The number of nitrogens with zero attached hydrogens (tertiary/aromatic N) is 1. The summed E-state index contributed by atoms with van der Waals surface area (Å²) >= 11 is 0. The van der Waals surface area contributed by atoms with Crippen LogP contribution in [-0.4, -0.2) is 15.5 Å². The Morgan fingerprint density at radius 2 is 1.50 bits per heavy atom. The number of ether oxygens (including phenoxy) is 1. The molecule has 0 unspecified atom stereocenters. The van der Waals surface area contributed by atoms with Crippen LogP contribution in [-0.2, 0) is 16.6 Å². The number of methoxy groups -OCH3 is 1. The highest BCUT2D eigenvalue weighted by molar-refractivity contribution is 7.92. The van der Waals surface area contributed by atoms with Gasteiger partial charge in [0.2, 0.25) is 0 Å². The smallest absolute Gasteiger partial charge is 0.264 e. The predicted molar refractivity (Wildman–Crippen MR) is 99.2 cm³/mol. The first kappa shape index (κ1) is 17.9. The van der Waals surface area contributed by atoms with Crippen LogP contribution in [0.15, 0.2) is 83.8 Å². The summed E-state index contributed by atoms with van der Waals surface area (Å²) in [7, 11) is -2.32. The van der Waals surface area contributed by atoms with Crippen molar-refractivity contribution in [1.29, 1.82) is 0 Å². The highest BCUT2D eigenvalue weighted by Gasteiger charge is 2.25. The molecule has 0 radical (unpaired) electrons. The third-order valence-electron chi connectivity index (χ3n) is 3.93. The van der Waals surface area contributed by atoms with Crippen LogP contribution in [0.25, 0.3) is 0 Å². The molecule has 0 heterocycles. The van der Waals surface area contributed by atoms with Crippen molar-refractivity contribution in [3.05, 3.63) is 90.2 Å². The second kappa shape index (κ2) is 7.58. The van der Waals surface area contributed by atoms with Gasteiger partial charge in [0.15, 0.2) is 0 Å². The summed E-state index contributed by atoms with van der Waals surface area (Å²) in [5.41, 5.74) is 1.22. The molecule has 0 aliphatic rings. The quantitative estimate of drug-likeness (QED) is 0.651. The molecule has 134 valence electrons. The summed E-state index contributed by atoms with van der Waals surface area (Å²) < 4.78 is 46.1. The largest absolute Gasteiger partial charge is 0.497 e. The zero-order valence-corrected chi connectivity index (χ0v) is 15.0. The van der Waals surface area contributed by atoms with Crippen molar-refractivity contribution in [3.8, 4) is 5.75 Å². The molecule has 0 spiro atoms. The third-order valence-corrected chi connectivity index (χ3v) is 5.72. The zero-order valence-electron chi connectivity index (χ0n) is 14.2. The first-order valence-corrected chi connectivity index (χ1v) is 9.41. The summed E-state index contributed by atoms with van der Waals surface area (Å²) in [5, 5.41) is 0. The second-order valence-electron chi connectivity index (χ2n) is 5.65. The van der Waals surface area contributed by atoms with Gasteiger partial charge in [0.05, 0.1) is 24.2 Å². The summed E-state index contributed by atoms with van der Waals surface area (Å²) in [6, 6.07) is 20.8. The standard InChI is InChI=1S/C20H18FNO3S/c1-25-19-11-13-20(14-12-19)26(23,24)22(15-16-5-3-2-4-6-16)18-9-7-17(21)8-10-18/h2-14H,15H2,1H3. The molecule has 6 heteroatoms. The molecule has 4 nitrogen and oxygen atoms in total. The molecule has 0 saturated carbocycles. The van der Waals surface area contributed by atoms with Crippen LogP contribution in [0.1, 0.15) is 5.56 Å². The van der Waals surface area contributed by atoms with Crippen LogP contribution in [0.2, 0.25) is 0 Å². The Bertz CT molecular complexity index is 956. The van der Waals surface area contributed by atoms with Gasteiger partial charge >= 0.3 is 0 Å². The summed E-state index contributed by atoms with van der Waals surface area (Å²) in [4.78, 5) is 0.138. The average Bonchev–Trinajstić information content (AvgIpc) is 2.68. The van der Waals surface area contributed by atoms with Crippen molar-refractivity contribution in [2.45, 2.75) is 11.4 Å². The van der Waals surface area contributed by atoms with Gasteiger partial charge in [-0.1, -0.05) is 30.3 Å². The molecule has 26 heavy (non-hydrogen) atoms. The Labute approximate surface area is 152 Å². The monoisotopic (exact) mass is 371 g/mol. The molecule has 3 aromatic carbocycles. The van der Waals surface area contributed by atoms with E-state index in [9.17, 15) is 12.8 Å². The fourth-order valence-corrected chi connectivity index (χ4v) is 4.00. The van der Waals surface area contributed by atoms with Gasteiger partial charge in [-0.25, -0.2) is 12.8 Å². The van der Waals surface area contributed by atoms with E-state index in [0.29, 0.717) is 11.4 Å². The van der Waals surface area contributed by atoms with E-state index in [1.165, 1.54) is 47.8 Å². The SMILES string of the molecule is COc1ccc(S(=O)(=O)N(Cc2ccccc2)c2ccc(F)cc2)cc1. The molecule has 0 saturated heterocycles. The maximum absolute atomic E-state index is 13.3. The number of rotatable bonds is 6. The fraction of sp³-hybridized carbons (Fsp3) is 0.100. The highest BCUT2D eigenvalue weighted by Crippen LogP contribution is 2.27. The van der Waals surface area contributed by atoms with Crippen LogP contribution < -0.4 is 9.04 Å². The van der Waals surface area contributed by atoms with E-state index in [4.69, 9.17) is 4.74 Å². The molecule has 0 aliphatic heterocycles. The van der Waals surface area contributed by atoms with Gasteiger partial charge < -0.3 is 4.74 Å². The number of hydrogen-bond acceptors (Lipinski definition) is 3. The van der Waals surface area contributed by atoms with E-state index in [1.807, 2.05) is 30.3 Å². The number of halogens is 1. The van der Waals surface area contributed by atoms with Crippen molar-refractivity contribution < 1.29 is 17.5 Å². The molecule has 3 rings (SSSR count). The molecule has 0 fully saturated rings. The van der Waals surface area contributed by atoms with Gasteiger partial charge in [-0.15, -0.1) is 0 Å². The lowest BCUT2D eigenvalue weighted by Crippen LogP contribution is -2.30. The van der Waals surface area contributed by atoms with E-state index in [2.05, 4.69) is 0 Å². The summed E-state index contributed by atoms with van der Waals surface area (Å²) in [6.07, 6.45) is 0. The molecule has 3 aromatic rings. The first-order chi connectivity index (χ1) is 12.5. The van der Waals surface area contributed by atoms with Gasteiger partial charge in [-0.05, 0) is 54.1 Å². The Kier molecular flexibility index (Phi) is 5.23. The third kappa shape index (κ3) is 3.86. The number of sulfonamides is 1. The summed E-state index contributed by atoms with van der Waals surface area (Å²) in [6.45, 7) is 0.140. The van der Waals surface area contributed by atoms with Gasteiger partial charge in [-0.3, -0.25) is 4.31 Å². The maximum Gasteiger partial charge on any atom is 0.264 e. The van der Waals surface area contributed by atoms with E-state index in [-0.39, 0.29) is 11.4 Å². The Hall–Kier alpha value is -2.86. The van der Waals surface area contributed by atoms with Crippen LogP contribution in [0.3, 0.4) is 0 Å². The minimum atomic E-state index is -3.83. The number of hydrogen-bond donors (Lipinski definition) is 0. The van der Waals surface area contributed by atoms with Gasteiger partial charge in [-0.2, -0.15) is 0 Å². The molecule has 0 atom stereocenters. The molecule has 0 N–H and O–H groups in total.